The van der Waals surface area contributed by atoms with Crippen LogP contribution in [0.4, 0.5) is 0 Å². The molecular formula is C23H27ClO11. The number of esters is 4. The molecule has 0 unspecified atom stereocenters. The van der Waals surface area contributed by atoms with E-state index >= 15 is 0 Å². The zero-order valence-electron chi connectivity index (χ0n) is 19.7. The van der Waals surface area contributed by atoms with E-state index in [1.165, 1.54) is 6.92 Å². The highest BCUT2D eigenvalue weighted by molar-refractivity contribution is 6.63. The summed E-state index contributed by atoms with van der Waals surface area (Å²) in [6.07, 6.45) is -6.22. The van der Waals surface area contributed by atoms with E-state index in [0.717, 1.165) is 20.8 Å². The van der Waals surface area contributed by atoms with Crippen LogP contribution in [0.25, 0.3) is 0 Å². The molecule has 1 heterocycles. The number of hydrogen-bond acceptors (Lipinski definition) is 11. The summed E-state index contributed by atoms with van der Waals surface area (Å²) in [7, 11) is 0. The number of aryl methyl sites for hydroxylation is 1. The van der Waals surface area contributed by atoms with E-state index in [0.29, 0.717) is 5.56 Å². The largest absolute Gasteiger partial charge is 0.463 e. The van der Waals surface area contributed by atoms with Gasteiger partial charge in [-0.2, -0.15) is 0 Å². The number of benzene rings is 1. The van der Waals surface area contributed by atoms with E-state index in [1.807, 2.05) is 0 Å². The number of rotatable bonds is 10. The van der Waals surface area contributed by atoms with Crippen molar-refractivity contribution in [3.8, 4) is 5.75 Å². The van der Waals surface area contributed by atoms with Crippen molar-refractivity contribution in [1.29, 1.82) is 0 Å². The Kier molecular flexibility index (Phi) is 10.5. The first-order chi connectivity index (χ1) is 16.5. The van der Waals surface area contributed by atoms with Gasteiger partial charge in [0.2, 0.25) is 17.6 Å². The third-order valence-corrected chi connectivity index (χ3v) is 4.94. The lowest BCUT2D eigenvalue weighted by molar-refractivity contribution is -0.288. The van der Waals surface area contributed by atoms with E-state index in [9.17, 15) is 24.0 Å². The fraction of sp³-hybridized carbons (Fsp3) is 0.522. The van der Waals surface area contributed by atoms with Gasteiger partial charge in [-0.25, -0.2) is 0 Å². The minimum Gasteiger partial charge on any atom is -0.463 e. The second-order valence-electron chi connectivity index (χ2n) is 7.65. The predicted octanol–water partition coefficient (Wildman–Crippen LogP) is 1.85. The number of hydrogen-bond donors (Lipinski definition) is 0. The molecule has 5 atom stereocenters. The van der Waals surface area contributed by atoms with Gasteiger partial charge in [0.05, 0.1) is 0 Å². The van der Waals surface area contributed by atoms with Crippen LogP contribution >= 0.6 is 11.6 Å². The molecule has 0 N–H and O–H groups in total. The Hall–Kier alpha value is -3.18. The lowest BCUT2D eigenvalue weighted by atomic mass is 9.98. The van der Waals surface area contributed by atoms with Crippen LogP contribution in [-0.4, -0.2) is 66.4 Å². The molecule has 0 saturated carbocycles. The maximum atomic E-state index is 11.9. The van der Waals surface area contributed by atoms with Crippen LogP contribution in [0.15, 0.2) is 24.3 Å². The molecule has 0 radical (unpaired) electrons. The summed E-state index contributed by atoms with van der Waals surface area (Å²) >= 11 is 5.46. The highest BCUT2D eigenvalue weighted by Crippen LogP contribution is 2.32. The number of para-hydroxylation sites is 1. The van der Waals surface area contributed by atoms with E-state index < -0.39 is 59.8 Å². The molecule has 0 aliphatic carbocycles. The number of ether oxygens (including phenoxy) is 6. The standard InChI is InChI=1S/C23H27ClO11/c1-12(25)30-11-18-20(31-13(2)26)21(32-14(3)27)22(33-15(4)28)23(35-18)34-17-8-6-5-7-16(17)9-10-19(24)29/h5-8,18,20-23H,9-11H2,1-4H3/t18-,20+,21+,22-,23-/m1/s1. The van der Waals surface area contributed by atoms with Gasteiger partial charge in [0, 0.05) is 34.1 Å². The van der Waals surface area contributed by atoms with Crippen molar-refractivity contribution in [1.82, 2.24) is 0 Å². The smallest absolute Gasteiger partial charge is 0.303 e. The molecule has 1 aliphatic heterocycles. The van der Waals surface area contributed by atoms with Crippen molar-refractivity contribution in [3.63, 3.8) is 0 Å². The van der Waals surface area contributed by atoms with E-state index in [4.69, 9.17) is 40.0 Å². The van der Waals surface area contributed by atoms with Gasteiger partial charge in [-0.3, -0.25) is 24.0 Å². The van der Waals surface area contributed by atoms with Crippen LogP contribution in [0, 0.1) is 0 Å². The molecule has 1 aliphatic rings. The Morgan fingerprint density at radius 3 is 1.97 bits per heavy atom. The first kappa shape index (κ1) is 28.1. The highest BCUT2D eigenvalue weighted by Gasteiger charge is 2.53. The molecule has 1 aromatic carbocycles. The van der Waals surface area contributed by atoms with Crippen LogP contribution in [0.2, 0.25) is 0 Å². The second-order valence-corrected chi connectivity index (χ2v) is 8.07. The van der Waals surface area contributed by atoms with Gasteiger partial charge in [-0.05, 0) is 29.7 Å². The van der Waals surface area contributed by atoms with Gasteiger partial charge in [-0.1, -0.05) is 18.2 Å². The first-order valence-corrected chi connectivity index (χ1v) is 11.1. The van der Waals surface area contributed by atoms with Crippen molar-refractivity contribution < 1.29 is 52.4 Å². The second kappa shape index (κ2) is 13.1. The summed E-state index contributed by atoms with van der Waals surface area (Å²) in [4.78, 5) is 58.3. The third kappa shape index (κ3) is 8.84. The average molecular weight is 515 g/mol. The van der Waals surface area contributed by atoms with Crippen LogP contribution in [0.1, 0.15) is 39.7 Å². The Morgan fingerprint density at radius 1 is 0.829 bits per heavy atom. The van der Waals surface area contributed by atoms with Gasteiger partial charge in [0.25, 0.3) is 0 Å². The Bertz CT molecular complexity index is 947. The molecular weight excluding hydrogens is 488 g/mol. The molecule has 0 aromatic heterocycles. The normalized spacial score (nSPS) is 23.5. The summed E-state index contributed by atoms with van der Waals surface area (Å²) in [5, 5.41) is -0.535. The molecule has 12 heteroatoms. The van der Waals surface area contributed by atoms with Crippen molar-refractivity contribution in [2.75, 3.05) is 6.61 Å². The molecule has 1 saturated heterocycles. The fourth-order valence-corrected chi connectivity index (χ4v) is 3.56. The summed E-state index contributed by atoms with van der Waals surface area (Å²) < 4.78 is 33.0. The lowest BCUT2D eigenvalue weighted by Gasteiger charge is -2.44. The topological polar surface area (TPSA) is 141 Å². The van der Waals surface area contributed by atoms with Gasteiger partial charge in [0.15, 0.2) is 12.2 Å². The van der Waals surface area contributed by atoms with E-state index in [1.54, 1.807) is 24.3 Å². The highest BCUT2D eigenvalue weighted by atomic mass is 35.5. The Balaban J connectivity index is 2.47. The summed E-state index contributed by atoms with van der Waals surface area (Å²) in [5.41, 5.74) is 0.606. The molecule has 11 nitrogen and oxygen atoms in total. The number of carbonyl (C=O) groups excluding carboxylic acids is 5. The van der Waals surface area contributed by atoms with E-state index in [-0.39, 0.29) is 25.2 Å². The Morgan fingerprint density at radius 2 is 1.40 bits per heavy atom. The van der Waals surface area contributed by atoms with Gasteiger partial charge >= 0.3 is 23.9 Å². The van der Waals surface area contributed by atoms with Crippen LogP contribution in [0.5, 0.6) is 5.75 Å². The molecule has 0 amide bonds. The van der Waals surface area contributed by atoms with Crippen molar-refractivity contribution in [3.05, 3.63) is 29.8 Å². The van der Waals surface area contributed by atoms with Gasteiger partial charge in [0.1, 0.15) is 18.5 Å². The van der Waals surface area contributed by atoms with Gasteiger partial charge < -0.3 is 28.4 Å². The molecule has 35 heavy (non-hydrogen) atoms. The third-order valence-electron chi connectivity index (χ3n) is 4.75. The van der Waals surface area contributed by atoms with Crippen LogP contribution < -0.4 is 4.74 Å². The SMILES string of the molecule is CC(=O)OC[C@H]1O[C@@H](Oc2ccccc2CCC(=O)Cl)[C@H](OC(C)=O)[C@@H](OC(C)=O)[C@H]1OC(C)=O. The van der Waals surface area contributed by atoms with Crippen molar-refractivity contribution >= 4 is 40.7 Å². The predicted molar refractivity (Wildman–Crippen MR) is 118 cm³/mol. The zero-order chi connectivity index (χ0) is 26.1. The van der Waals surface area contributed by atoms with Gasteiger partial charge in [-0.15, -0.1) is 0 Å². The van der Waals surface area contributed by atoms with Crippen LogP contribution in [0.3, 0.4) is 0 Å². The average Bonchev–Trinajstić information content (AvgIpc) is 2.74. The number of carbonyl (C=O) groups is 5. The molecule has 0 spiro atoms. The molecule has 1 aromatic rings. The lowest BCUT2D eigenvalue weighted by Crippen LogP contribution is -2.63. The maximum absolute atomic E-state index is 11.9. The zero-order valence-corrected chi connectivity index (χ0v) is 20.4. The quantitative estimate of drug-likeness (QED) is 0.256. The summed E-state index contributed by atoms with van der Waals surface area (Å²) in [6.45, 7) is 4.19. The monoisotopic (exact) mass is 514 g/mol. The summed E-state index contributed by atoms with van der Waals surface area (Å²) in [6, 6.07) is 6.71. The molecule has 192 valence electrons. The summed E-state index contributed by atoms with van der Waals surface area (Å²) in [5.74, 6) is -2.58. The van der Waals surface area contributed by atoms with Crippen molar-refractivity contribution in [2.24, 2.45) is 0 Å². The fourth-order valence-electron chi connectivity index (χ4n) is 3.47. The minimum atomic E-state index is -1.37. The number of halogens is 1. The first-order valence-electron chi connectivity index (χ1n) is 10.7. The molecule has 0 bridgehead atoms. The van der Waals surface area contributed by atoms with Crippen LogP contribution in [-0.2, 0) is 54.1 Å². The molecule has 1 fully saturated rings. The maximum Gasteiger partial charge on any atom is 0.303 e. The van der Waals surface area contributed by atoms with E-state index in [2.05, 4.69) is 0 Å². The minimum absolute atomic E-state index is 0.0422. The van der Waals surface area contributed by atoms with Crippen molar-refractivity contribution in [2.45, 2.75) is 71.2 Å². The Labute approximate surface area is 206 Å². The molecule has 2 rings (SSSR count).